The maximum absolute atomic E-state index is 12.4. The van der Waals surface area contributed by atoms with E-state index in [-0.39, 0.29) is 12.5 Å². The van der Waals surface area contributed by atoms with Crippen molar-refractivity contribution in [1.82, 2.24) is 15.4 Å². The van der Waals surface area contributed by atoms with Crippen LogP contribution in [0.25, 0.3) is 11.1 Å². The molecule has 2 heterocycles. The summed E-state index contributed by atoms with van der Waals surface area (Å²) in [5.41, 5.74) is 7.03. The molecule has 2 amide bonds. The number of aromatic nitrogens is 1. The minimum absolute atomic E-state index is 0.239. The van der Waals surface area contributed by atoms with Gasteiger partial charge in [0, 0.05) is 4.88 Å². The number of amides is 2. The Kier molecular flexibility index (Phi) is 5.29. The lowest BCUT2D eigenvalue weighted by Gasteiger charge is -2.07. The van der Waals surface area contributed by atoms with E-state index >= 15 is 0 Å². The molecule has 1 aliphatic carbocycles. The molecule has 7 nitrogen and oxygen atoms in total. The van der Waals surface area contributed by atoms with E-state index in [2.05, 4.69) is 10.9 Å². The standard InChI is InChI=1S/C20H21N3O4S/c24-18(12-23-14-8-5-6-9-15(14)27-20(23)26)21-22-19(25)17-11-13-7-3-1-2-4-10-16(13)28-17/h5-6,8-9,11H,1-4,7,10,12H2,(H,21,24)(H,22,25). The summed E-state index contributed by atoms with van der Waals surface area (Å²) < 4.78 is 6.33. The Morgan fingerprint density at radius 2 is 1.86 bits per heavy atom. The molecule has 0 bridgehead atoms. The van der Waals surface area contributed by atoms with Gasteiger partial charge in [0.25, 0.3) is 11.8 Å². The number of thiophene rings is 1. The van der Waals surface area contributed by atoms with Gasteiger partial charge < -0.3 is 4.42 Å². The fourth-order valence-corrected chi connectivity index (χ4v) is 4.64. The quantitative estimate of drug-likeness (QED) is 0.663. The average molecular weight is 399 g/mol. The molecule has 0 saturated heterocycles. The summed E-state index contributed by atoms with van der Waals surface area (Å²) in [4.78, 5) is 38.4. The number of para-hydroxylation sites is 2. The molecule has 4 rings (SSSR count). The van der Waals surface area contributed by atoms with Crippen LogP contribution >= 0.6 is 11.3 Å². The highest BCUT2D eigenvalue weighted by molar-refractivity contribution is 7.14. The third kappa shape index (κ3) is 3.87. The van der Waals surface area contributed by atoms with Crippen molar-refractivity contribution in [3.63, 3.8) is 0 Å². The summed E-state index contributed by atoms with van der Waals surface area (Å²) in [6, 6.07) is 8.81. The van der Waals surface area contributed by atoms with Gasteiger partial charge in [-0.15, -0.1) is 11.3 Å². The predicted molar refractivity (Wildman–Crippen MR) is 106 cm³/mol. The maximum Gasteiger partial charge on any atom is 0.420 e. The van der Waals surface area contributed by atoms with Crippen LogP contribution in [-0.2, 0) is 24.2 Å². The number of benzene rings is 1. The number of hydrogen-bond acceptors (Lipinski definition) is 5. The molecule has 28 heavy (non-hydrogen) atoms. The zero-order chi connectivity index (χ0) is 19.5. The van der Waals surface area contributed by atoms with E-state index in [1.54, 1.807) is 24.3 Å². The zero-order valence-electron chi connectivity index (χ0n) is 15.3. The topological polar surface area (TPSA) is 93.3 Å². The molecule has 1 aliphatic rings. The molecule has 2 aromatic heterocycles. The van der Waals surface area contributed by atoms with Crippen molar-refractivity contribution in [3.8, 4) is 0 Å². The Bertz CT molecular complexity index is 1050. The Balaban J connectivity index is 1.39. The largest absolute Gasteiger partial charge is 0.420 e. The van der Waals surface area contributed by atoms with Gasteiger partial charge in [0.2, 0.25) is 0 Å². The number of nitrogens with zero attached hydrogens (tertiary/aromatic N) is 1. The predicted octanol–water partition coefficient (Wildman–Crippen LogP) is 2.78. The number of carbonyl (C=O) groups excluding carboxylic acids is 2. The van der Waals surface area contributed by atoms with Crippen LogP contribution in [0.4, 0.5) is 0 Å². The summed E-state index contributed by atoms with van der Waals surface area (Å²) in [5, 5.41) is 0. The van der Waals surface area contributed by atoms with Crippen LogP contribution in [0, 0.1) is 0 Å². The van der Waals surface area contributed by atoms with Gasteiger partial charge in [0.05, 0.1) is 10.4 Å². The molecule has 2 N–H and O–H groups in total. The minimum atomic E-state index is -0.610. The van der Waals surface area contributed by atoms with E-state index < -0.39 is 11.7 Å². The smallest absolute Gasteiger partial charge is 0.408 e. The molecule has 0 saturated carbocycles. The van der Waals surface area contributed by atoms with Crippen molar-refractivity contribution in [2.75, 3.05) is 0 Å². The molecule has 8 heteroatoms. The lowest BCUT2D eigenvalue weighted by Crippen LogP contribution is -2.43. The first-order valence-corrected chi connectivity index (χ1v) is 10.2. The molecule has 1 aromatic carbocycles. The van der Waals surface area contributed by atoms with Gasteiger partial charge >= 0.3 is 5.76 Å². The average Bonchev–Trinajstić information content (AvgIpc) is 3.20. The molecule has 0 spiro atoms. The lowest BCUT2D eigenvalue weighted by molar-refractivity contribution is -0.122. The molecule has 0 atom stereocenters. The monoisotopic (exact) mass is 399 g/mol. The van der Waals surface area contributed by atoms with Crippen molar-refractivity contribution in [1.29, 1.82) is 0 Å². The second-order valence-corrected chi connectivity index (χ2v) is 8.03. The fraction of sp³-hybridized carbons (Fsp3) is 0.350. The van der Waals surface area contributed by atoms with Crippen molar-refractivity contribution in [3.05, 3.63) is 56.2 Å². The van der Waals surface area contributed by atoms with Gasteiger partial charge in [-0.2, -0.15) is 0 Å². The van der Waals surface area contributed by atoms with E-state index in [4.69, 9.17) is 4.42 Å². The first kappa shape index (κ1) is 18.5. The maximum atomic E-state index is 12.4. The highest BCUT2D eigenvalue weighted by atomic mass is 32.1. The van der Waals surface area contributed by atoms with Gasteiger partial charge in [0.1, 0.15) is 6.54 Å². The lowest BCUT2D eigenvalue weighted by atomic mass is 10.00. The Hall–Kier alpha value is -2.87. The summed E-state index contributed by atoms with van der Waals surface area (Å²) in [6.45, 7) is -0.239. The third-order valence-corrected chi connectivity index (χ3v) is 6.15. The fourth-order valence-electron chi connectivity index (χ4n) is 3.49. The van der Waals surface area contributed by atoms with Gasteiger partial charge in [0.15, 0.2) is 5.58 Å². The second kappa shape index (κ2) is 8.02. The van der Waals surface area contributed by atoms with Crippen molar-refractivity contribution in [2.45, 2.75) is 45.1 Å². The van der Waals surface area contributed by atoms with Gasteiger partial charge in [-0.1, -0.05) is 25.0 Å². The molecule has 3 aromatic rings. The summed E-state index contributed by atoms with van der Waals surface area (Å²) in [5.74, 6) is -1.45. The molecular formula is C20H21N3O4S. The highest BCUT2D eigenvalue weighted by Crippen LogP contribution is 2.28. The number of carbonyl (C=O) groups is 2. The van der Waals surface area contributed by atoms with Crippen molar-refractivity contribution >= 4 is 34.3 Å². The summed E-state index contributed by atoms with van der Waals surface area (Å²) in [7, 11) is 0. The Morgan fingerprint density at radius 3 is 2.71 bits per heavy atom. The third-order valence-electron chi connectivity index (χ3n) is 4.91. The number of oxazole rings is 1. The van der Waals surface area contributed by atoms with Crippen LogP contribution in [-0.4, -0.2) is 16.4 Å². The number of nitrogens with one attached hydrogen (secondary N) is 2. The van der Waals surface area contributed by atoms with E-state index in [9.17, 15) is 14.4 Å². The Labute approximate surface area is 165 Å². The van der Waals surface area contributed by atoms with Crippen LogP contribution < -0.4 is 16.6 Å². The number of aryl methyl sites for hydroxylation is 2. The molecule has 0 fully saturated rings. The van der Waals surface area contributed by atoms with Crippen molar-refractivity contribution in [2.24, 2.45) is 0 Å². The normalized spacial score (nSPS) is 14.1. The van der Waals surface area contributed by atoms with Gasteiger partial charge in [-0.25, -0.2) is 4.79 Å². The number of hydrazine groups is 1. The molecule has 0 aliphatic heterocycles. The number of hydrogen-bond donors (Lipinski definition) is 2. The number of rotatable bonds is 3. The van der Waals surface area contributed by atoms with Crippen LogP contribution in [0.5, 0.6) is 0 Å². The first-order valence-electron chi connectivity index (χ1n) is 9.41. The first-order chi connectivity index (χ1) is 13.6. The van der Waals surface area contributed by atoms with Gasteiger partial charge in [-0.3, -0.25) is 25.0 Å². The number of fused-ring (bicyclic) bond motifs is 2. The van der Waals surface area contributed by atoms with E-state index in [1.165, 1.54) is 39.2 Å². The Morgan fingerprint density at radius 1 is 1.07 bits per heavy atom. The van der Waals surface area contributed by atoms with E-state index in [1.807, 2.05) is 6.07 Å². The van der Waals surface area contributed by atoms with Crippen molar-refractivity contribution < 1.29 is 14.0 Å². The second-order valence-electron chi connectivity index (χ2n) is 6.90. The molecular weight excluding hydrogens is 378 g/mol. The summed E-state index contributed by atoms with van der Waals surface area (Å²) in [6.07, 6.45) is 6.78. The van der Waals surface area contributed by atoms with Crippen LogP contribution in [0.15, 0.2) is 39.5 Å². The van der Waals surface area contributed by atoms with Crippen LogP contribution in [0.1, 0.15) is 45.8 Å². The highest BCUT2D eigenvalue weighted by Gasteiger charge is 2.17. The van der Waals surface area contributed by atoms with Crippen LogP contribution in [0.2, 0.25) is 0 Å². The van der Waals surface area contributed by atoms with Gasteiger partial charge in [-0.05, 0) is 49.4 Å². The SMILES string of the molecule is O=C(Cn1c(=O)oc2ccccc21)NNC(=O)c1cc2c(s1)CCCCCC2. The molecule has 146 valence electrons. The van der Waals surface area contributed by atoms with Crippen LogP contribution in [0.3, 0.4) is 0 Å². The van der Waals surface area contributed by atoms with E-state index in [0.29, 0.717) is 16.0 Å². The summed E-state index contributed by atoms with van der Waals surface area (Å²) >= 11 is 1.49. The molecule has 0 unspecified atom stereocenters. The van der Waals surface area contributed by atoms with E-state index in [0.717, 1.165) is 25.7 Å². The molecule has 0 radical (unpaired) electrons. The minimum Gasteiger partial charge on any atom is -0.408 e. The zero-order valence-corrected chi connectivity index (χ0v) is 16.1.